The molecule has 1 atom stereocenters. The highest BCUT2D eigenvalue weighted by atomic mass is 35.5. The number of aromatic nitrogens is 6. The normalized spacial score (nSPS) is 12.3. The second kappa shape index (κ2) is 8.57. The van der Waals surface area contributed by atoms with Gasteiger partial charge in [0.2, 0.25) is 23.7 Å². The van der Waals surface area contributed by atoms with Crippen LogP contribution < -0.4 is 15.8 Å². The highest BCUT2D eigenvalue weighted by Gasteiger charge is 2.22. The fourth-order valence-corrected chi connectivity index (χ4v) is 3.43. The summed E-state index contributed by atoms with van der Waals surface area (Å²) in [6.45, 7) is 5.59. The number of nitrogens with zero attached hydrogens (tertiary/aromatic N) is 5. The SMILES string of the molecule is CC[C@@H](Sc1nc(N)nc2nc[nH]c12)C(=O)Nc1ncc(Cl)c(OC(C)C)n1. The topological polar surface area (TPSA) is 145 Å². The van der Waals surface area contributed by atoms with Crippen LogP contribution in [0.2, 0.25) is 5.02 Å². The second-order valence-corrected chi connectivity index (χ2v) is 7.60. The van der Waals surface area contributed by atoms with Crippen LogP contribution in [0.25, 0.3) is 11.2 Å². The molecule has 3 aromatic heterocycles. The molecule has 0 fully saturated rings. The Hall–Kier alpha value is -2.66. The minimum Gasteiger partial charge on any atom is -0.474 e. The van der Waals surface area contributed by atoms with Crippen LogP contribution in [0.1, 0.15) is 27.2 Å². The molecule has 0 aromatic carbocycles. The molecule has 4 N–H and O–H groups in total. The number of imidazole rings is 1. The van der Waals surface area contributed by atoms with E-state index in [9.17, 15) is 4.79 Å². The van der Waals surface area contributed by atoms with Gasteiger partial charge in [-0.05, 0) is 20.3 Å². The third-order valence-corrected chi connectivity index (χ3v) is 5.09. The zero-order chi connectivity index (χ0) is 20.3. The Morgan fingerprint density at radius 1 is 1.36 bits per heavy atom. The van der Waals surface area contributed by atoms with Gasteiger partial charge in [-0.15, -0.1) is 0 Å². The van der Waals surface area contributed by atoms with Gasteiger partial charge < -0.3 is 15.5 Å². The molecule has 0 saturated carbocycles. The van der Waals surface area contributed by atoms with Crippen LogP contribution in [0, 0.1) is 0 Å². The highest BCUT2D eigenvalue weighted by molar-refractivity contribution is 8.00. The number of amides is 1. The van der Waals surface area contributed by atoms with E-state index in [4.69, 9.17) is 22.1 Å². The lowest BCUT2D eigenvalue weighted by Gasteiger charge is -2.15. The average molecular weight is 423 g/mol. The summed E-state index contributed by atoms with van der Waals surface area (Å²) in [4.78, 5) is 36.3. The Balaban J connectivity index is 1.78. The number of hydrogen-bond donors (Lipinski definition) is 3. The first-order chi connectivity index (χ1) is 13.4. The summed E-state index contributed by atoms with van der Waals surface area (Å²) in [7, 11) is 0. The molecule has 0 aliphatic rings. The van der Waals surface area contributed by atoms with Crippen LogP contribution in [0.5, 0.6) is 5.88 Å². The highest BCUT2D eigenvalue weighted by Crippen LogP contribution is 2.30. The number of hydrogen-bond acceptors (Lipinski definition) is 9. The molecule has 3 rings (SSSR count). The quantitative estimate of drug-likeness (QED) is 0.386. The number of carbonyl (C=O) groups is 1. The molecule has 0 saturated heterocycles. The number of aromatic amines is 1. The van der Waals surface area contributed by atoms with E-state index in [0.717, 1.165) is 0 Å². The van der Waals surface area contributed by atoms with E-state index in [1.165, 1.54) is 24.3 Å². The number of ether oxygens (including phenoxy) is 1. The van der Waals surface area contributed by atoms with Gasteiger partial charge in [-0.25, -0.2) is 15.0 Å². The molecule has 3 heterocycles. The molecule has 0 unspecified atom stereocenters. The molecule has 148 valence electrons. The van der Waals surface area contributed by atoms with Gasteiger partial charge in [-0.1, -0.05) is 30.3 Å². The van der Waals surface area contributed by atoms with Crippen molar-refractivity contribution in [2.45, 2.75) is 43.6 Å². The minimum absolute atomic E-state index is 0.0915. The van der Waals surface area contributed by atoms with Crippen molar-refractivity contribution < 1.29 is 9.53 Å². The van der Waals surface area contributed by atoms with Crippen molar-refractivity contribution in [3.05, 3.63) is 17.5 Å². The number of H-pyrrole nitrogens is 1. The van der Waals surface area contributed by atoms with Crippen LogP contribution in [-0.2, 0) is 4.79 Å². The van der Waals surface area contributed by atoms with Crippen LogP contribution in [0.3, 0.4) is 0 Å². The molecule has 0 bridgehead atoms. The summed E-state index contributed by atoms with van der Waals surface area (Å²) in [5.41, 5.74) is 6.81. The van der Waals surface area contributed by atoms with Gasteiger partial charge in [0.05, 0.1) is 23.9 Å². The number of carbonyl (C=O) groups excluding carboxylic acids is 1. The smallest absolute Gasteiger partial charge is 0.240 e. The molecule has 0 radical (unpaired) electrons. The Morgan fingerprint density at radius 2 is 2.14 bits per heavy atom. The van der Waals surface area contributed by atoms with Crippen LogP contribution in [0.4, 0.5) is 11.9 Å². The summed E-state index contributed by atoms with van der Waals surface area (Å²) >= 11 is 7.29. The maximum Gasteiger partial charge on any atom is 0.240 e. The average Bonchev–Trinajstić information content (AvgIpc) is 3.10. The first-order valence-electron chi connectivity index (χ1n) is 8.50. The molecule has 3 aromatic rings. The number of nitrogens with two attached hydrogens (primary N) is 1. The fraction of sp³-hybridized carbons (Fsp3) is 0.375. The number of anilines is 2. The molecule has 0 aliphatic carbocycles. The molecule has 28 heavy (non-hydrogen) atoms. The molecule has 12 heteroatoms. The Labute approximate surface area is 170 Å². The van der Waals surface area contributed by atoms with Crippen molar-refractivity contribution in [2.24, 2.45) is 0 Å². The molecular weight excluding hydrogens is 404 g/mol. The summed E-state index contributed by atoms with van der Waals surface area (Å²) in [5.74, 6) is 0.132. The van der Waals surface area contributed by atoms with Crippen molar-refractivity contribution in [3.8, 4) is 5.88 Å². The van der Waals surface area contributed by atoms with Crippen molar-refractivity contribution >= 4 is 52.3 Å². The summed E-state index contributed by atoms with van der Waals surface area (Å²) in [5, 5.41) is 3.04. The largest absolute Gasteiger partial charge is 0.474 e. The standard InChI is InChI=1S/C16H19ClN8O2S/c1-4-9(28-14-10-11(21-6-20-10)22-15(18)25-14)12(26)23-16-19-5-8(17)13(24-16)27-7(2)3/h5-7,9H,4H2,1-3H3,(H,19,23,24,26)(H3,18,20,21,22,25)/t9-/m1/s1. The second-order valence-electron chi connectivity index (χ2n) is 6.01. The van der Waals surface area contributed by atoms with E-state index >= 15 is 0 Å². The first kappa shape index (κ1) is 20.1. The van der Waals surface area contributed by atoms with E-state index in [-0.39, 0.29) is 34.8 Å². The first-order valence-corrected chi connectivity index (χ1v) is 9.76. The monoisotopic (exact) mass is 422 g/mol. The molecule has 0 aliphatic heterocycles. The number of nitrogen functional groups attached to an aromatic ring is 1. The van der Waals surface area contributed by atoms with E-state index in [1.54, 1.807) is 0 Å². The maximum atomic E-state index is 12.7. The number of thioether (sulfide) groups is 1. The number of rotatable bonds is 7. The van der Waals surface area contributed by atoms with E-state index in [2.05, 4.69) is 35.2 Å². The van der Waals surface area contributed by atoms with Crippen molar-refractivity contribution in [1.82, 2.24) is 29.9 Å². The summed E-state index contributed by atoms with van der Waals surface area (Å²) < 4.78 is 5.52. The minimum atomic E-state index is -0.463. The third-order valence-electron chi connectivity index (χ3n) is 3.48. The number of fused-ring (bicyclic) bond motifs is 1. The molecule has 10 nitrogen and oxygen atoms in total. The number of halogens is 1. The predicted octanol–water partition coefficient (Wildman–Crippen LogP) is 2.68. The van der Waals surface area contributed by atoms with Crippen molar-refractivity contribution in [3.63, 3.8) is 0 Å². The van der Waals surface area contributed by atoms with Crippen molar-refractivity contribution in [2.75, 3.05) is 11.1 Å². The van der Waals surface area contributed by atoms with Gasteiger partial charge in [-0.2, -0.15) is 9.97 Å². The van der Waals surface area contributed by atoms with Crippen LogP contribution in [-0.4, -0.2) is 47.2 Å². The molecular formula is C16H19ClN8O2S. The van der Waals surface area contributed by atoms with E-state index in [1.807, 2.05) is 20.8 Å². The van der Waals surface area contributed by atoms with E-state index < -0.39 is 5.25 Å². The summed E-state index contributed by atoms with van der Waals surface area (Å²) in [6.07, 6.45) is 3.31. The maximum absolute atomic E-state index is 12.7. The lowest BCUT2D eigenvalue weighted by Crippen LogP contribution is -2.26. The van der Waals surface area contributed by atoms with Crippen LogP contribution in [0.15, 0.2) is 17.6 Å². The zero-order valence-electron chi connectivity index (χ0n) is 15.4. The molecule has 1 amide bonds. The Kier molecular flexibility index (Phi) is 6.15. The van der Waals surface area contributed by atoms with Gasteiger partial charge >= 0.3 is 0 Å². The van der Waals surface area contributed by atoms with Gasteiger partial charge in [0.1, 0.15) is 15.6 Å². The summed E-state index contributed by atoms with van der Waals surface area (Å²) in [6, 6.07) is 0. The Morgan fingerprint density at radius 3 is 2.86 bits per heavy atom. The van der Waals surface area contributed by atoms with Crippen LogP contribution >= 0.6 is 23.4 Å². The van der Waals surface area contributed by atoms with Gasteiger partial charge in [0.15, 0.2) is 5.65 Å². The fourth-order valence-electron chi connectivity index (χ4n) is 2.27. The van der Waals surface area contributed by atoms with E-state index in [0.29, 0.717) is 22.6 Å². The van der Waals surface area contributed by atoms with Crippen molar-refractivity contribution in [1.29, 1.82) is 0 Å². The zero-order valence-corrected chi connectivity index (χ0v) is 17.0. The Bertz CT molecular complexity index is 996. The molecule has 0 spiro atoms. The third kappa shape index (κ3) is 4.60. The van der Waals surface area contributed by atoms with Gasteiger partial charge in [-0.3, -0.25) is 10.1 Å². The van der Waals surface area contributed by atoms with Gasteiger partial charge in [0.25, 0.3) is 0 Å². The van der Waals surface area contributed by atoms with Gasteiger partial charge in [0, 0.05) is 0 Å². The predicted molar refractivity (Wildman–Crippen MR) is 107 cm³/mol. The lowest BCUT2D eigenvalue weighted by atomic mass is 10.3. The number of nitrogens with one attached hydrogen (secondary N) is 2. The lowest BCUT2D eigenvalue weighted by molar-refractivity contribution is -0.115.